The number of fused-ring (bicyclic) bond motifs is 5. The molecule has 6 aromatic carbocycles. The third-order valence-corrected chi connectivity index (χ3v) is 11.1. The first-order valence-electron chi connectivity index (χ1n) is 18.2. The van der Waals surface area contributed by atoms with Crippen molar-refractivity contribution >= 4 is 34.0 Å². The summed E-state index contributed by atoms with van der Waals surface area (Å²) in [5.41, 5.74) is 16.0. The van der Waals surface area contributed by atoms with Crippen molar-refractivity contribution in [2.45, 2.75) is 31.1 Å². The number of para-hydroxylation sites is 3. The first-order valence-corrected chi connectivity index (χ1v) is 18.2. The van der Waals surface area contributed by atoms with Gasteiger partial charge in [-0.15, -0.1) is 0 Å². The molecular weight excluding hydrogens is 617 g/mol. The Balaban J connectivity index is 1.14. The number of allylic oxidation sites excluding steroid dienone is 5. The topological polar surface area (TPSA) is 8.17 Å². The van der Waals surface area contributed by atoms with E-state index in [4.69, 9.17) is 0 Å². The molecule has 0 spiro atoms. The molecule has 0 amide bonds. The van der Waals surface area contributed by atoms with Crippen LogP contribution in [0.15, 0.2) is 182 Å². The van der Waals surface area contributed by atoms with Gasteiger partial charge in [0, 0.05) is 28.0 Å². The molecule has 0 radical (unpaired) electrons. The third-order valence-electron chi connectivity index (χ3n) is 11.1. The summed E-state index contributed by atoms with van der Waals surface area (Å²) in [6.07, 6.45) is 16.1. The molecule has 0 saturated heterocycles. The van der Waals surface area contributed by atoms with E-state index in [0.717, 1.165) is 31.4 Å². The van der Waals surface area contributed by atoms with E-state index in [-0.39, 0.29) is 0 Å². The van der Waals surface area contributed by atoms with Crippen LogP contribution in [0.5, 0.6) is 0 Å². The fraction of sp³-hybridized carbons (Fsp3) is 0.102. The van der Waals surface area contributed by atoms with E-state index in [2.05, 4.69) is 192 Å². The normalized spacial score (nSPS) is 15.6. The van der Waals surface area contributed by atoms with Gasteiger partial charge in [0.2, 0.25) is 0 Å². The van der Waals surface area contributed by atoms with Crippen LogP contribution >= 0.6 is 0 Å². The van der Waals surface area contributed by atoms with Gasteiger partial charge in [0.1, 0.15) is 0 Å². The quantitative estimate of drug-likeness (QED) is 0.179. The fourth-order valence-electron chi connectivity index (χ4n) is 9.01. The molecule has 1 aromatic heterocycles. The largest absolute Gasteiger partial charge is 0.313 e. The van der Waals surface area contributed by atoms with Crippen LogP contribution in [0.3, 0.4) is 0 Å². The highest BCUT2D eigenvalue weighted by molar-refractivity contribution is 5.94. The second-order valence-electron chi connectivity index (χ2n) is 13.9. The minimum atomic E-state index is -0.429. The number of aromatic nitrogens is 1. The molecule has 7 aromatic rings. The minimum absolute atomic E-state index is 0.429. The highest BCUT2D eigenvalue weighted by Gasteiger charge is 2.47. The lowest BCUT2D eigenvalue weighted by molar-refractivity contribution is 0.718. The second-order valence-corrected chi connectivity index (χ2v) is 13.9. The highest BCUT2D eigenvalue weighted by Crippen LogP contribution is 2.58. The molecule has 51 heavy (non-hydrogen) atoms. The van der Waals surface area contributed by atoms with E-state index < -0.39 is 5.41 Å². The number of benzene rings is 6. The zero-order valence-corrected chi connectivity index (χ0v) is 28.5. The minimum Gasteiger partial charge on any atom is -0.313 e. The summed E-state index contributed by atoms with van der Waals surface area (Å²) < 4.78 is 2.48. The maximum atomic E-state index is 2.48. The molecule has 0 fully saturated rings. The molecule has 0 unspecified atom stereocenters. The average molecular weight is 655 g/mol. The lowest BCUT2D eigenvalue weighted by atomic mass is 9.61. The summed E-state index contributed by atoms with van der Waals surface area (Å²) in [6, 6.07) is 56.2. The lowest BCUT2D eigenvalue weighted by Gasteiger charge is -2.47. The predicted molar refractivity (Wildman–Crippen MR) is 214 cm³/mol. The van der Waals surface area contributed by atoms with Crippen LogP contribution in [0.1, 0.15) is 47.2 Å². The highest BCUT2D eigenvalue weighted by atomic mass is 15.2. The van der Waals surface area contributed by atoms with Gasteiger partial charge in [0.15, 0.2) is 0 Å². The molecule has 244 valence electrons. The van der Waals surface area contributed by atoms with Gasteiger partial charge in [-0.1, -0.05) is 140 Å². The van der Waals surface area contributed by atoms with Crippen molar-refractivity contribution < 1.29 is 0 Å². The number of rotatable bonds is 5. The molecule has 2 aliphatic carbocycles. The molecule has 2 nitrogen and oxygen atoms in total. The standard InChI is InChI=1S/C49H38N2/c1-3-19-37(20-4-1)49(38-21-5-2-6-22-38)43-27-9-13-31-47(43)51(48-32-14-10-28-44(48)49)40-24-16-18-36(34-40)35-17-15-23-39(33-35)50-45-29-11-7-25-41(45)42-26-8-12-30-46(42)50/h1,3-5,7-11,13-29,31-34H,2,6,12,30H2. The van der Waals surface area contributed by atoms with E-state index in [0.29, 0.717) is 0 Å². The Labute approximate surface area is 300 Å². The van der Waals surface area contributed by atoms with Gasteiger partial charge < -0.3 is 9.47 Å². The van der Waals surface area contributed by atoms with Crippen molar-refractivity contribution in [2.24, 2.45) is 0 Å². The smallest absolute Gasteiger partial charge is 0.0739 e. The van der Waals surface area contributed by atoms with Gasteiger partial charge in [-0.3, -0.25) is 0 Å². The summed E-state index contributed by atoms with van der Waals surface area (Å²) in [5, 5.41) is 1.32. The molecule has 0 bridgehead atoms. The van der Waals surface area contributed by atoms with Gasteiger partial charge in [-0.2, -0.15) is 0 Å². The van der Waals surface area contributed by atoms with Gasteiger partial charge >= 0.3 is 0 Å². The Bertz CT molecular complexity index is 2500. The van der Waals surface area contributed by atoms with Crippen molar-refractivity contribution in [3.05, 3.63) is 209 Å². The fourth-order valence-corrected chi connectivity index (χ4v) is 9.01. The Kier molecular flexibility index (Phi) is 7.02. The molecular formula is C49H38N2. The number of nitrogens with zero attached hydrogens (tertiary/aromatic N) is 2. The second kappa shape index (κ2) is 12.0. The zero-order chi connectivity index (χ0) is 33.8. The van der Waals surface area contributed by atoms with Crippen LogP contribution in [0.4, 0.5) is 17.1 Å². The van der Waals surface area contributed by atoms with E-state index in [1.165, 1.54) is 72.6 Å². The first kappa shape index (κ1) is 29.8. The Morgan fingerprint density at radius 3 is 1.90 bits per heavy atom. The zero-order valence-electron chi connectivity index (χ0n) is 28.5. The van der Waals surface area contributed by atoms with Crippen LogP contribution in [-0.4, -0.2) is 4.57 Å². The molecule has 2 heteroatoms. The molecule has 0 saturated carbocycles. The average Bonchev–Trinajstić information content (AvgIpc) is 3.55. The van der Waals surface area contributed by atoms with Gasteiger partial charge in [0.05, 0.1) is 22.3 Å². The van der Waals surface area contributed by atoms with E-state index in [1.807, 2.05) is 0 Å². The summed E-state index contributed by atoms with van der Waals surface area (Å²) in [6.45, 7) is 0. The summed E-state index contributed by atoms with van der Waals surface area (Å²) in [4.78, 5) is 2.48. The maximum Gasteiger partial charge on any atom is 0.0739 e. The summed E-state index contributed by atoms with van der Waals surface area (Å²) >= 11 is 0. The van der Waals surface area contributed by atoms with Crippen molar-refractivity contribution in [2.75, 3.05) is 4.90 Å². The third kappa shape index (κ3) is 4.56. The van der Waals surface area contributed by atoms with Crippen molar-refractivity contribution in [3.8, 4) is 16.8 Å². The molecule has 0 N–H and O–H groups in total. The SMILES string of the molecule is C1=CC(C2(c3ccccc3)c3ccccc3N(c3cccc(-c4cccc(-n5c6c(c7ccccc75)C=CCC6)c4)c3)c3ccccc32)=CCC1. The van der Waals surface area contributed by atoms with Gasteiger partial charge in [-0.25, -0.2) is 0 Å². The predicted octanol–water partition coefficient (Wildman–Crippen LogP) is 12.7. The van der Waals surface area contributed by atoms with Crippen molar-refractivity contribution in [1.29, 1.82) is 0 Å². The maximum absolute atomic E-state index is 2.48. The Morgan fingerprint density at radius 1 is 0.510 bits per heavy atom. The Hall–Kier alpha value is -6.12. The van der Waals surface area contributed by atoms with Crippen LogP contribution in [0.25, 0.3) is 33.8 Å². The van der Waals surface area contributed by atoms with Crippen LogP contribution in [0, 0.1) is 0 Å². The monoisotopic (exact) mass is 654 g/mol. The van der Waals surface area contributed by atoms with E-state index in [9.17, 15) is 0 Å². The molecule has 3 aliphatic rings. The Morgan fingerprint density at radius 2 is 1.16 bits per heavy atom. The van der Waals surface area contributed by atoms with Crippen LogP contribution in [-0.2, 0) is 11.8 Å². The molecule has 10 rings (SSSR count). The number of hydrogen-bond donors (Lipinski definition) is 0. The number of hydrogen-bond acceptors (Lipinski definition) is 1. The van der Waals surface area contributed by atoms with Crippen LogP contribution in [0.2, 0.25) is 0 Å². The van der Waals surface area contributed by atoms with Crippen molar-refractivity contribution in [1.82, 2.24) is 4.57 Å². The van der Waals surface area contributed by atoms with Gasteiger partial charge in [0.25, 0.3) is 0 Å². The van der Waals surface area contributed by atoms with Crippen molar-refractivity contribution in [3.63, 3.8) is 0 Å². The summed E-state index contributed by atoms with van der Waals surface area (Å²) in [5.74, 6) is 0. The van der Waals surface area contributed by atoms with Gasteiger partial charge in [-0.05, 0) is 102 Å². The number of anilines is 3. The lowest BCUT2D eigenvalue weighted by Crippen LogP contribution is -2.38. The molecule has 1 aliphatic heterocycles. The van der Waals surface area contributed by atoms with E-state index in [1.54, 1.807) is 0 Å². The molecule has 0 atom stereocenters. The first-order chi connectivity index (χ1) is 25.3. The molecule has 2 heterocycles. The van der Waals surface area contributed by atoms with Crippen LogP contribution < -0.4 is 4.90 Å². The summed E-state index contributed by atoms with van der Waals surface area (Å²) in [7, 11) is 0. The van der Waals surface area contributed by atoms with E-state index >= 15 is 0 Å².